The fourth-order valence-electron chi connectivity index (χ4n) is 4.04. The van der Waals surface area contributed by atoms with Crippen molar-refractivity contribution >= 4 is 22.5 Å². The Morgan fingerprint density at radius 2 is 1.81 bits per heavy atom. The van der Waals surface area contributed by atoms with Crippen LogP contribution in [0.3, 0.4) is 0 Å². The van der Waals surface area contributed by atoms with Crippen molar-refractivity contribution in [2.75, 3.05) is 38.1 Å². The quantitative estimate of drug-likeness (QED) is 0.653. The number of hydrogen-bond donors (Lipinski definition) is 1. The SMILES string of the molecule is CCn1nc(C)c2ccn(CC(=O)NCc3ccc(N4CCN(C)CC4)cc3)c(=O)c21. The first-order valence-corrected chi connectivity index (χ1v) is 10.8. The minimum Gasteiger partial charge on any atom is -0.369 e. The number of fused-ring (bicyclic) bond motifs is 1. The van der Waals surface area contributed by atoms with Gasteiger partial charge in [-0.05, 0) is 44.7 Å². The van der Waals surface area contributed by atoms with E-state index in [0.29, 0.717) is 18.6 Å². The van der Waals surface area contributed by atoms with E-state index in [1.54, 1.807) is 10.9 Å². The minimum atomic E-state index is -0.191. The molecule has 0 bridgehead atoms. The van der Waals surface area contributed by atoms with Gasteiger partial charge in [-0.2, -0.15) is 5.10 Å². The van der Waals surface area contributed by atoms with Crippen molar-refractivity contribution in [3.8, 4) is 0 Å². The number of nitrogens with one attached hydrogen (secondary N) is 1. The second-order valence-corrected chi connectivity index (χ2v) is 8.15. The van der Waals surface area contributed by atoms with Crippen LogP contribution in [-0.4, -0.2) is 58.4 Å². The molecule has 0 saturated carbocycles. The molecule has 3 aromatic rings. The van der Waals surface area contributed by atoms with E-state index in [2.05, 4.69) is 51.5 Å². The number of amides is 1. The van der Waals surface area contributed by atoms with Gasteiger partial charge in [0.1, 0.15) is 12.1 Å². The van der Waals surface area contributed by atoms with Gasteiger partial charge in [0, 0.05) is 56.5 Å². The summed E-state index contributed by atoms with van der Waals surface area (Å²) in [5.41, 5.74) is 3.44. The van der Waals surface area contributed by atoms with Crippen LogP contribution in [0.15, 0.2) is 41.3 Å². The smallest absolute Gasteiger partial charge is 0.277 e. The van der Waals surface area contributed by atoms with Crippen molar-refractivity contribution < 1.29 is 4.79 Å². The predicted molar refractivity (Wildman–Crippen MR) is 122 cm³/mol. The van der Waals surface area contributed by atoms with E-state index >= 15 is 0 Å². The number of aryl methyl sites for hydroxylation is 2. The molecule has 164 valence electrons. The largest absolute Gasteiger partial charge is 0.369 e. The standard InChI is InChI=1S/C23H30N6O2/c1-4-29-22-20(17(2)25-29)9-10-28(23(22)31)16-21(30)24-15-18-5-7-19(8-6-18)27-13-11-26(3)12-14-27/h5-10H,4,11-16H2,1-3H3,(H,24,30). The summed E-state index contributed by atoms with van der Waals surface area (Å²) in [6.07, 6.45) is 1.67. The van der Waals surface area contributed by atoms with Gasteiger partial charge in [0.15, 0.2) is 0 Å². The summed E-state index contributed by atoms with van der Waals surface area (Å²) in [6, 6.07) is 10.2. The molecule has 31 heavy (non-hydrogen) atoms. The molecule has 1 aromatic carbocycles. The second kappa shape index (κ2) is 8.93. The molecular weight excluding hydrogens is 392 g/mol. The highest BCUT2D eigenvalue weighted by atomic mass is 16.2. The Morgan fingerprint density at radius 3 is 2.48 bits per heavy atom. The molecule has 3 heterocycles. The van der Waals surface area contributed by atoms with Crippen molar-refractivity contribution in [2.45, 2.75) is 33.5 Å². The van der Waals surface area contributed by atoms with E-state index in [0.717, 1.165) is 42.8 Å². The van der Waals surface area contributed by atoms with Gasteiger partial charge < -0.3 is 19.7 Å². The number of likely N-dealkylation sites (N-methyl/N-ethyl adjacent to an activating group) is 1. The first-order chi connectivity index (χ1) is 15.0. The fraction of sp³-hybridized carbons (Fsp3) is 0.435. The van der Waals surface area contributed by atoms with Gasteiger partial charge in [0.05, 0.1) is 5.69 Å². The summed E-state index contributed by atoms with van der Waals surface area (Å²) in [5.74, 6) is -0.191. The van der Waals surface area contributed by atoms with E-state index in [9.17, 15) is 9.59 Å². The zero-order chi connectivity index (χ0) is 22.0. The third-order valence-electron chi connectivity index (χ3n) is 5.97. The van der Waals surface area contributed by atoms with Gasteiger partial charge in [-0.25, -0.2) is 0 Å². The number of pyridine rings is 1. The van der Waals surface area contributed by atoms with E-state index in [4.69, 9.17) is 0 Å². The monoisotopic (exact) mass is 422 g/mol. The van der Waals surface area contributed by atoms with Gasteiger partial charge in [-0.1, -0.05) is 12.1 Å². The molecule has 1 saturated heterocycles. The Kier molecular flexibility index (Phi) is 6.08. The summed E-state index contributed by atoms with van der Waals surface area (Å²) in [7, 11) is 2.15. The van der Waals surface area contributed by atoms with Crippen molar-refractivity contribution in [2.24, 2.45) is 0 Å². The Balaban J connectivity index is 1.37. The molecule has 0 spiro atoms. The number of aromatic nitrogens is 3. The summed E-state index contributed by atoms with van der Waals surface area (Å²) >= 11 is 0. The Morgan fingerprint density at radius 1 is 1.10 bits per heavy atom. The average molecular weight is 423 g/mol. The lowest BCUT2D eigenvalue weighted by Crippen LogP contribution is -2.44. The number of benzene rings is 1. The third kappa shape index (κ3) is 4.49. The van der Waals surface area contributed by atoms with Crippen LogP contribution in [0.25, 0.3) is 10.9 Å². The molecule has 1 aliphatic heterocycles. The fourth-order valence-corrected chi connectivity index (χ4v) is 4.04. The van der Waals surface area contributed by atoms with E-state index in [1.165, 1.54) is 10.3 Å². The lowest BCUT2D eigenvalue weighted by molar-refractivity contribution is -0.121. The van der Waals surface area contributed by atoms with E-state index < -0.39 is 0 Å². The third-order valence-corrected chi connectivity index (χ3v) is 5.97. The number of anilines is 1. The number of rotatable bonds is 6. The Hall–Kier alpha value is -3.13. The number of carbonyl (C=O) groups is 1. The molecule has 1 N–H and O–H groups in total. The summed E-state index contributed by atoms with van der Waals surface area (Å²) in [6.45, 7) is 9.07. The molecule has 2 aromatic heterocycles. The minimum absolute atomic E-state index is 0.0118. The van der Waals surface area contributed by atoms with Crippen LogP contribution < -0.4 is 15.8 Å². The highest BCUT2D eigenvalue weighted by Crippen LogP contribution is 2.17. The molecule has 0 atom stereocenters. The van der Waals surface area contributed by atoms with Crippen LogP contribution in [0.1, 0.15) is 18.2 Å². The van der Waals surface area contributed by atoms with Crippen LogP contribution >= 0.6 is 0 Å². The first-order valence-electron chi connectivity index (χ1n) is 10.8. The molecule has 8 nitrogen and oxygen atoms in total. The van der Waals surface area contributed by atoms with Gasteiger partial charge in [-0.3, -0.25) is 14.3 Å². The second-order valence-electron chi connectivity index (χ2n) is 8.15. The van der Waals surface area contributed by atoms with E-state index in [1.807, 2.05) is 19.9 Å². The average Bonchev–Trinajstić information content (AvgIpc) is 3.11. The van der Waals surface area contributed by atoms with Crippen LogP contribution in [0, 0.1) is 6.92 Å². The maximum Gasteiger partial charge on any atom is 0.277 e. The summed E-state index contributed by atoms with van der Waals surface area (Å²) in [4.78, 5) is 30.0. The van der Waals surface area contributed by atoms with Crippen molar-refractivity contribution in [1.29, 1.82) is 0 Å². The molecule has 1 aliphatic rings. The van der Waals surface area contributed by atoms with Gasteiger partial charge in [0.2, 0.25) is 5.91 Å². The molecule has 8 heteroatoms. The maximum absolute atomic E-state index is 12.9. The zero-order valence-corrected chi connectivity index (χ0v) is 18.5. The first kappa shape index (κ1) is 21.1. The van der Waals surface area contributed by atoms with Crippen LogP contribution in [0.5, 0.6) is 0 Å². The molecule has 0 aliphatic carbocycles. The van der Waals surface area contributed by atoms with Crippen molar-refractivity contribution in [3.63, 3.8) is 0 Å². The number of piperazine rings is 1. The molecular formula is C23H30N6O2. The topological polar surface area (TPSA) is 75.4 Å². The summed E-state index contributed by atoms with van der Waals surface area (Å²) < 4.78 is 3.14. The molecule has 0 unspecified atom stereocenters. The lowest BCUT2D eigenvalue weighted by Gasteiger charge is -2.34. The van der Waals surface area contributed by atoms with Crippen LogP contribution in [0.2, 0.25) is 0 Å². The molecule has 4 rings (SSSR count). The van der Waals surface area contributed by atoms with Crippen molar-refractivity contribution in [1.82, 2.24) is 24.6 Å². The Bertz CT molecular complexity index is 1120. The van der Waals surface area contributed by atoms with Gasteiger partial charge in [-0.15, -0.1) is 0 Å². The summed E-state index contributed by atoms with van der Waals surface area (Å²) in [5, 5.41) is 8.16. The van der Waals surface area contributed by atoms with Crippen LogP contribution in [-0.2, 0) is 24.4 Å². The molecule has 1 fully saturated rings. The lowest BCUT2D eigenvalue weighted by atomic mass is 10.1. The van der Waals surface area contributed by atoms with Crippen LogP contribution in [0.4, 0.5) is 5.69 Å². The molecule has 1 amide bonds. The highest BCUT2D eigenvalue weighted by molar-refractivity contribution is 5.81. The van der Waals surface area contributed by atoms with Crippen molar-refractivity contribution in [3.05, 3.63) is 58.1 Å². The number of carbonyl (C=O) groups excluding carboxylic acids is 1. The van der Waals surface area contributed by atoms with Gasteiger partial charge in [0.25, 0.3) is 5.56 Å². The Labute approximate surface area is 182 Å². The zero-order valence-electron chi connectivity index (χ0n) is 18.5. The number of hydrogen-bond acceptors (Lipinski definition) is 5. The molecule has 0 radical (unpaired) electrons. The maximum atomic E-state index is 12.9. The van der Waals surface area contributed by atoms with Gasteiger partial charge >= 0.3 is 0 Å². The highest BCUT2D eigenvalue weighted by Gasteiger charge is 2.15. The predicted octanol–water partition coefficient (Wildman–Crippen LogP) is 1.59. The normalized spacial score (nSPS) is 14.9. The number of nitrogens with zero attached hydrogens (tertiary/aromatic N) is 5. The van der Waals surface area contributed by atoms with E-state index in [-0.39, 0.29) is 18.0 Å².